The van der Waals surface area contributed by atoms with E-state index in [4.69, 9.17) is 19.3 Å². The summed E-state index contributed by atoms with van der Waals surface area (Å²) < 4.78 is 16.5. The maximum atomic E-state index is 11.9. The van der Waals surface area contributed by atoms with Crippen molar-refractivity contribution in [2.45, 2.75) is 12.4 Å². The molecule has 0 saturated carbocycles. The van der Waals surface area contributed by atoms with Crippen LogP contribution in [0.25, 0.3) is 0 Å². The molecule has 1 spiro atoms. The zero-order chi connectivity index (χ0) is 14.7. The number of aliphatic hydroxyl groups is 1. The van der Waals surface area contributed by atoms with Crippen LogP contribution in [0.1, 0.15) is 5.56 Å². The van der Waals surface area contributed by atoms with Gasteiger partial charge in [-0.05, 0) is 5.56 Å². The fraction of sp³-hybridized carbons (Fsp3) is 0.533. The molecule has 1 N–H and O–H groups in total. The van der Waals surface area contributed by atoms with Gasteiger partial charge in [0.2, 0.25) is 5.79 Å². The third kappa shape index (κ3) is 3.18. The van der Waals surface area contributed by atoms with Crippen molar-refractivity contribution < 1.29 is 24.1 Å². The Morgan fingerprint density at radius 1 is 1.29 bits per heavy atom. The lowest BCUT2D eigenvalue weighted by atomic mass is 10.1. The average Bonchev–Trinajstić information content (AvgIpc) is 2.51. The van der Waals surface area contributed by atoms with Crippen LogP contribution in [-0.2, 0) is 20.8 Å². The molecule has 1 aromatic carbocycles. The van der Waals surface area contributed by atoms with Gasteiger partial charge in [-0.15, -0.1) is 0 Å². The minimum absolute atomic E-state index is 0.0229. The molecule has 0 unspecified atom stereocenters. The molecule has 0 aromatic heterocycles. The Hall–Kier alpha value is -1.63. The van der Waals surface area contributed by atoms with E-state index in [0.717, 1.165) is 5.56 Å². The number of carbonyl (C=O) groups excluding carboxylic acids is 1. The summed E-state index contributed by atoms with van der Waals surface area (Å²) in [5.41, 5.74) is 0.956. The number of carbonyl (C=O) groups is 1. The number of ether oxygens (including phenoxy) is 3. The summed E-state index contributed by atoms with van der Waals surface area (Å²) in [7, 11) is 0. The van der Waals surface area contributed by atoms with Crippen molar-refractivity contribution in [3.8, 4) is 0 Å². The van der Waals surface area contributed by atoms with Crippen LogP contribution in [0.2, 0.25) is 0 Å². The van der Waals surface area contributed by atoms with Crippen LogP contribution in [0.5, 0.6) is 0 Å². The number of nitrogens with zero attached hydrogens (tertiary/aromatic N) is 1. The third-order valence-electron chi connectivity index (χ3n) is 3.75. The SMILES string of the molecule is O=C(OCc1ccccc1)N1CC2(C1)OCC(CO)CO2. The van der Waals surface area contributed by atoms with Gasteiger partial charge in [0, 0.05) is 5.92 Å². The van der Waals surface area contributed by atoms with Crippen LogP contribution in [0.15, 0.2) is 30.3 Å². The van der Waals surface area contributed by atoms with E-state index in [2.05, 4.69) is 0 Å². The molecule has 0 bridgehead atoms. The van der Waals surface area contributed by atoms with Crippen molar-refractivity contribution in [2.75, 3.05) is 32.9 Å². The first-order valence-corrected chi connectivity index (χ1v) is 7.05. The van der Waals surface area contributed by atoms with Gasteiger partial charge in [-0.1, -0.05) is 30.3 Å². The normalized spacial score (nSPS) is 21.1. The highest BCUT2D eigenvalue weighted by Gasteiger charge is 2.50. The minimum atomic E-state index is -0.697. The second-order valence-electron chi connectivity index (χ2n) is 5.48. The van der Waals surface area contributed by atoms with E-state index in [1.807, 2.05) is 30.3 Å². The standard InChI is InChI=1S/C15H19NO5/c17-6-13-8-20-15(21-9-13)10-16(11-15)14(18)19-7-12-4-2-1-3-5-12/h1-5,13,17H,6-11H2. The van der Waals surface area contributed by atoms with E-state index in [0.29, 0.717) is 26.3 Å². The van der Waals surface area contributed by atoms with Crippen molar-refractivity contribution in [2.24, 2.45) is 5.92 Å². The van der Waals surface area contributed by atoms with Gasteiger partial charge in [-0.2, -0.15) is 0 Å². The van der Waals surface area contributed by atoms with E-state index in [9.17, 15) is 4.79 Å². The quantitative estimate of drug-likeness (QED) is 0.900. The highest BCUT2D eigenvalue weighted by Crippen LogP contribution is 2.31. The Morgan fingerprint density at radius 3 is 2.57 bits per heavy atom. The first-order valence-electron chi connectivity index (χ1n) is 7.05. The number of aliphatic hydroxyl groups excluding tert-OH is 1. The number of hydrogen-bond donors (Lipinski definition) is 1. The van der Waals surface area contributed by atoms with Crippen LogP contribution < -0.4 is 0 Å². The number of hydrogen-bond acceptors (Lipinski definition) is 5. The molecule has 2 aliphatic rings. The molecule has 0 aliphatic carbocycles. The zero-order valence-electron chi connectivity index (χ0n) is 11.7. The molecule has 21 heavy (non-hydrogen) atoms. The molecule has 6 nitrogen and oxygen atoms in total. The maximum Gasteiger partial charge on any atom is 0.410 e. The largest absolute Gasteiger partial charge is 0.445 e. The molecule has 6 heteroatoms. The average molecular weight is 293 g/mol. The van der Waals surface area contributed by atoms with Gasteiger partial charge >= 0.3 is 6.09 Å². The molecule has 3 rings (SSSR count). The first-order chi connectivity index (χ1) is 10.2. The van der Waals surface area contributed by atoms with Gasteiger partial charge in [0.1, 0.15) is 6.61 Å². The molecule has 2 saturated heterocycles. The third-order valence-corrected chi connectivity index (χ3v) is 3.75. The monoisotopic (exact) mass is 293 g/mol. The van der Waals surface area contributed by atoms with Gasteiger partial charge < -0.3 is 19.3 Å². The number of amides is 1. The Balaban J connectivity index is 1.43. The van der Waals surface area contributed by atoms with Crippen molar-refractivity contribution in [3.63, 3.8) is 0 Å². The summed E-state index contributed by atoms with van der Waals surface area (Å²) in [5.74, 6) is -0.674. The summed E-state index contributed by atoms with van der Waals surface area (Å²) >= 11 is 0. The Morgan fingerprint density at radius 2 is 1.95 bits per heavy atom. The zero-order valence-corrected chi connectivity index (χ0v) is 11.7. The summed E-state index contributed by atoms with van der Waals surface area (Å²) in [5, 5.41) is 9.03. The molecule has 0 atom stereocenters. The lowest BCUT2D eigenvalue weighted by Crippen LogP contribution is -2.68. The molecular weight excluding hydrogens is 274 g/mol. The van der Waals surface area contributed by atoms with Crippen molar-refractivity contribution in [3.05, 3.63) is 35.9 Å². The van der Waals surface area contributed by atoms with Crippen molar-refractivity contribution >= 4 is 6.09 Å². The highest BCUT2D eigenvalue weighted by atomic mass is 16.7. The predicted molar refractivity (Wildman–Crippen MR) is 73.4 cm³/mol. The summed E-state index contributed by atoms with van der Waals surface area (Å²) in [6.07, 6.45) is -0.360. The molecule has 1 aromatic rings. The van der Waals surface area contributed by atoms with Crippen LogP contribution >= 0.6 is 0 Å². The smallest absolute Gasteiger partial charge is 0.410 e. The lowest BCUT2D eigenvalue weighted by Gasteiger charge is -2.50. The Bertz CT molecular complexity index is 476. The van der Waals surface area contributed by atoms with E-state index in [-0.39, 0.29) is 25.2 Å². The first kappa shape index (κ1) is 14.3. The van der Waals surface area contributed by atoms with E-state index >= 15 is 0 Å². The van der Waals surface area contributed by atoms with Crippen LogP contribution in [0.3, 0.4) is 0 Å². The second-order valence-corrected chi connectivity index (χ2v) is 5.48. The minimum Gasteiger partial charge on any atom is -0.445 e. The van der Waals surface area contributed by atoms with Gasteiger partial charge in [0.25, 0.3) is 0 Å². The Kier molecular flexibility index (Phi) is 4.10. The summed E-state index contributed by atoms with van der Waals surface area (Å²) in [6, 6.07) is 9.55. The number of rotatable bonds is 3. The molecule has 1 amide bonds. The fourth-order valence-electron chi connectivity index (χ4n) is 2.39. The Labute approximate surface area is 123 Å². The second kappa shape index (κ2) is 6.01. The highest BCUT2D eigenvalue weighted by molar-refractivity contribution is 5.69. The van der Waals surface area contributed by atoms with Crippen LogP contribution in [0.4, 0.5) is 4.79 Å². The maximum absolute atomic E-state index is 11.9. The lowest BCUT2D eigenvalue weighted by molar-refractivity contribution is -0.329. The molecule has 2 fully saturated rings. The van der Waals surface area contributed by atoms with E-state index in [1.165, 1.54) is 0 Å². The molecule has 2 heterocycles. The van der Waals surface area contributed by atoms with Crippen LogP contribution in [-0.4, -0.2) is 54.8 Å². The number of benzene rings is 1. The van der Waals surface area contributed by atoms with E-state index < -0.39 is 5.79 Å². The topological polar surface area (TPSA) is 68.2 Å². The van der Waals surface area contributed by atoms with Gasteiger partial charge in [-0.3, -0.25) is 4.90 Å². The molecule has 0 radical (unpaired) electrons. The van der Waals surface area contributed by atoms with Gasteiger partial charge in [0.15, 0.2) is 0 Å². The summed E-state index contributed by atoms with van der Waals surface area (Å²) in [4.78, 5) is 13.5. The predicted octanol–water partition coefficient (Wildman–Crippen LogP) is 0.990. The van der Waals surface area contributed by atoms with Gasteiger partial charge in [-0.25, -0.2) is 4.79 Å². The van der Waals surface area contributed by atoms with Crippen LogP contribution in [0, 0.1) is 5.92 Å². The molecule has 2 aliphatic heterocycles. The molecule has 114 valence electrons. The van der Waals surface area contributed by atoms with Crippen molar-refractivity contribution in [1.29, 1.82) is 0 Å². The van der Waals surface area contributed by atoms with Crippen molar-refractivity contribution in [1.82, 2.24) is 4.90 Å². The molecular formula is C15H19NO5. The van der Waals surface area contributed by atoms with E-state index in [1.54, 1.807) is 4.90 Å². The fourth-order valence-corrected chi connectivity index (χ4v) is 2.39. The summed E-state index contributed by atoms with van der Waals surface area (Å²) in [6.45, 7) is 1.99. The van der Waals surface area contributed by atoms with Gasteiger partial charge in [0.05, 0.1) is 32.9 Å². The number of likely N-dealkylation sites (tertiary alicyclic amines) is 1.